The standard InChI is InChI=1S/C10H6ClN3O/c11-5-2-1-3-6-7(5)8-9(14-6)10(15)13-4-12-8/h1-4,14H,(H,12,13,15). The summed E-state index contributed by atoms with van der Waals surface area (Å²) >= 11 is 6.06. The zero-order valence-corrected chi connectivity index (χ0v) is 8.30. The summed E-state index contributed by atoms with van der Waals surface area (Å²) in [5, 5.41) is 1.39. The van der Waals surface area contributed by atoms with Gasteiger partial charge < -0.3 is 9.97 Å². The molecule has 0 saturated heterocycles. The smallest absolute Gasteiger partial charge is 0.275 e. The van der Waals surface area contributed by atoms with Crippen molar-refractivity contribution in [1.29, 1.82) is 0 Å². The number of rotatable bonds is 0. The van der Waals surface area contributed by atoms with Gasteiger partial charge in [0.05, 0.1) is 11.3 Å². The van der Waals surface area contributed by atoms with E-state index in [0.717, 1.165) is 10.9 Å². The summed E-state index contributed by atoms with van der Waals surface area (Å²) in [6.45, 7) is 0. The first-order chi connectivity index (χ1) is 7.27. The van der Waals surface area contributed by atoms with Crippen molar-refractivity contribution in [3.63, 3.8) is 0 Å². The first-order valence-electron chi connectivity index (χ1n) is 4.41. The molecule has 0 aliphatic carbocycles. The van der Waals surface area contributed by atoms with Gasteiger partial charge in [-0.2, -0.15) is 0 Å². The molecule has 0 aliphatic rings. The van der Waals surface area contributed by atoms with Crippen LogP contribution >= 0.6 is 11.6 Å². The fourth-order valence-electron chi connectivity index (χ4n) is 1.71. The summed E-state index contributed by atoms with van der Waals surface area (Å²) in [6, 6.07) is 5.47. The molecular weight excluding hydrogens is 214 g/mol. The molecule has 0 spiro atoms. The Morgan fingerprint density at radius 1 is 1.33 bits per heavy atom. The van der Waals surface area contributed by atoms with Gasteiger partial charge in [-0.25, -0.2) is 4.98 Å². The zero-order chi connectivity index (χ0) is 10.4. The lowest BCUT2D eigenvalue weighted by Crippen LogP contribution is -2.05. The molecule has 4 nitrogen and oxygen atoms in total. The Labute approximate surface area is 88.9 Å². The highest BCUT2D eigenvalue weighted by atomic mass is 35.5. The topological polar surface area (TPSA) is 61.5 Å². The van der Waals surface area contributed by atoms with E-state index in [9.17, 15) is 4.79 Å². The van der Waals surface area contributed by atoms with E-state index in [0.29, 0.717) is 16.1 Å². The summed E-state index contributed by atoms with van der Waals surface area (Å²) in [6.07, 6.45) is 1.38. The lowest BCUT2D eigenvalue weighted by molar-refractivity contribution is 1.17. The molecule has 2 heterocycles. The van der Waals surface area contributed by atoms with Crippen molar-refractivity contribution in [3.05, 3.63) is 39.9 Å². The summed E-state index contributed by atoms with van der Waals surface area (Å²) in [5.41, 5.74) is 1.70. The van der Waals surface area contributed by atoms with Crippen LogP contribution in [0.15, 0.2) is 29.3 Å². The number of halogens is 1. The third-order valence-corrected chi connectivity index (χ3v) is 2.68. The molecule has 2 N–H and O–H groups in total. The molecule has 0 saturated carbocycles. The molecule has 0 atom stereocenters. The maximum absolute atomic E-state index is 11.5. The Hall–Kier alpha value is -1.81. The molecule has 2 aromatic heterocycles. The Bertz CT molecular complexity index is 713. The van der Waals surface area contributed by atoms with Crippen LogP contribution in [0.1, 0.15) is 0 Å². The van der Waals surface area contributed by atoms with E-state index in [1.165, 1.54) is 6.33 Å². The van der Waals surface area contributed by atoms with Crippen molar-refractivity contribution in [1.82, 2.24) is 15.0 Å². The number of hydrogen-bond donors (Lipinski definition) is 2. The third-order valence-electron chi connectivity index (χ3n) is 2.36. The summed E-state index contributed by atoms with van der Waals surface area (Å²) in [7, 11) is 0. The molecule has 0 amide bonds. The van der Waals surface area contributed by atoms with Gasteiger partial charge in [-0.05, 0) is 12.1 Å². The monoisotopic (exact) mass is 219 g/mol. The van der Waals surface area contributed by atoms with Gasteiger partial charge in [0.1, 0.15) is 11.0 Å². The van der Waals surface area contributed by atoms with Crippen LogP contribution in [-0.2, 0) is 0 Å². The molecule has 0 unspecified atom stereocenters. The highest BCUT2D eigenvalue weighted by Gasteiger charge is 2.10. The number of fused-ring (bicyclic) bond motifs is 3. The lowest BCUT2D eigenvalue weighted by Gasteiger charge is -1.92. The van der Waals surface area contributed by atoms with Crippen LogP contribution in [0, 0.1) is 0 Å². The maximum Gasteiger partial charge on any atom is 0.275 e. The number of aromatic nitrogens is 3. The molecule has 1 aromatic carbocycles. The van der Waals surface area contributed by atoms with E-state index < -0.39 is 0 Å². The first kappa shape index (κ1) is 8.49. The van der Waals surface area contributed by atoms with Crippen LogP contribution < -0.4 is 5.56 Å². The summed E-state index contributed by atoms with van der Waals surface area (Å²) in [4.78, 5) is 21.1. The van der Waals surface area contributed by atoms with Crippen molar-refractivity contribution < 1.29 is 0 Å². The largest absolute Gasteiger partial charge is 0.349 e. The van der Waals surface area contributed by atoms with Crippen LogP contribution in [-0.4, -0.2) is 15.0 Å². The SMILES string of the molecule is O=c1[nH]cnc2c1[nH]c1cccc(Cl)c12. The Morgan fingerprint density at radius 2 is 2.20 bits per heavy atom. The number of aromatic amines is 2. The number of hydrogen-bond acceptors (Lipinski definition) is 2. The molecule has 74 valence electrons. The van der Waals surface area contributed by atoms with Crippen LogP contribution in [0.3, 0.4) is 0 Å². The highest BCUT2D eigenvalue weighted by Crippen LogP contribution is 2.27. The quantitative estimate of drug-likeness (QED) is 0.608. The summed E-state index contributed by atoms with van der Waals surface area (Å²) in [5.74, 6) is 0. The van der Waals surface area contributed by atoms with Gasteiger partial charge in [0, 0.05) is 10.9 Å². The molecule has 15 heavy (non-hydrogen) atoms. The number of nitrogens with one attached hydrogen (secondary N) is 2. The van der Waals surface area contributed by atoms with Gasteiger partial charge in [-0.15, -0.1) is 0 Å². The van der Waals surface area contributed by atoms with Crippen LogP contribution in [0.4, 0.5) is 0 Å². The predicted octanol–water partition coefficient (Wildman–Crippen LogP) is 2.06. The van der Waals surface area contributed by atoms with Gasteiger partial charge in [0.25, 0.3) is 5.56 Å². The minimum absolute atomic E-state index is 0.188. The van der Waals surface area contributed by atoms with Gasteiger partial charge in [0.15, 0.2) is 0 Å². The molecular formula is C10H6ClN3O. The molecule has 0 fully saturated rings. The molecule has 0 radical (unpaired) electrons. The predicted molar refractivity (Wildman–Crippen MR) is 59.2 cm³/mol. The number of benzene rings is 1. The summed E-state index contributed by atoms with van der Waals surface area (Å²) < 4.78 is 0. The second kappa shape index (κ2) is 2.84. The van der Waals surface area contributed by atoms with Crippen LogP contribution in [0.2, 0.25) is 5.02 Å². The van der Waals surface area contributed by atoms with E-state index in [1.807, 2.05) is 12.1 Å². The molecule has 5 heteroatoms. The van der Waals surface area contributed by atoms with Crippen molar-refractivity contribution in [2.24, 2.45) is 0 Å². The molecule has 3 rings (SSSR count). The maximum atomic E-state index is 11.5. The average Bonchev–Trinajstić information content (AvgIpc) is 2.59. The van der Waals surface area contributed by atoms with Gasteiger partial charge in [-0.3, -0.25) is 4.79 Å². The molecule has 0 bridgehead atoms. The van der Waals surface area contributed by atoms with Gasteiger partial charge in [-0.1, -0.05) is 17.7 Å². The Morgan fingerprint density at radius 3 is 3.07 bits per heavy atom. The van der Waals surface area contributed by atoms with E-state index in [4.69, 9.17) is 11.6 Å². The third kappa shape index (κ3) is 1.08. The normalized spacial score (nSPS) is 11.3. The van der Waals surface area contributed by atoms with E-state index >= 15 is 0 Å². The lowest BCUT2D eigenvalue weighted by atomic mass is 10.2. The Kier molecular flexibility index (Phi) is 1.61. The fourth-order valence-corrected chi connectivity index (χ4v) is 1.97. The minimum Gasteiger partial charge on any atom is -0.349 e. The van der Waals surface area contributed by atoms with Crippen molar-refractivity contribution in [2.45, 2.75) is 0 Å². The van der Waals surface area contributed by atoms with Gasteiger partial charge >= 0.3 is 0 Å². The van der Waals surface area contributed by atoms with Crippen molar-refractivity contribution in [3.8, 4) is 0 Å². The fraction of sp³-hybridized carbons (Fsp3) is 0. The molecule has 3 aromatic rings. The van der Waals surface area contributed by atoms with Crippen molar-refractivity contribution in [2.75, 3.05) is 0 Å². The van der Waals surface area contributed by atoms with Gasteiger partial charge in [0.2, 0.25) is 0 Å². The highest BCUT2D eigenvalue weighted by molar-refractivity contribution is 6.37. The minimum atomic E-state index is -0.188. The van der Waals surface area contributed by atoms with Crippen LogP contribution in [0.5, 0.6) is 0 Å². The van der Waals surface area contributed by atoms with E-state index in [1.54, 1.807) is 6.07 Å². The average molecular weight is 220 g/mol. The second-order valence-corrected chi connectivity index (χ2v) is 3.65. The van der Waals surface area contributed by atoms with E-state index in [-0.39, 0.29) is 5.56 Å². The number of nitrogens with zero attached hydrogens (tertiary/aromatic N) is 1. The second-order valence-electron chi connectivity index (χ2n) is 3.24. The number of H-pyrrole nitrogens is 2. The Balaban J connectivity index is 2.71. The van der Waals surface area contributed by atoms with E-state index in [2.05, 4.69) is 15.0 Å². The van der Waals surface area contributed by atoms with Crippen LogP contribution in [0.25, 0.3) is 21.9 Å². The van der Waals surface area contributed by atoms with Crippen molar-refractivity contribution >= 4 is 33.5 Å². The molecule has 0 aliphatic heterocycles. The first-order valence-corrected chi connectivity index (χ1v) is 4.79. The zero-order valence-electron chi connectivity index (χ0n) is 7.54.